The summed E-state index contributed by atoms with van der Waals surface area (Å²) in [6.07, 6.45) is -0.108. The highest BCUT2D eigenvalue weighted by Crippen LogP contribution is 2.35. The number of aryl methyl sites for hydroxylation is 2. The van der Waals surface area contributed by atoms with Gasteiger partial charge in [-0.1, -0.05) is 44.0 Å². The topological polar surface area (TPSA) is 85.9 Å². The first kappa shape index (κ1) is 19.9. The first-order valence-electron chi connectivity index (χ1n) is 9.08. The molecule has 0 saturated carbocycles. The molecule has 4 aromatic rings. The number of ketones is 1. The lowest BCUT2D eigenvalue weighted by molar-refractivity contribution is -0.138. The van der Waals surface area contributed by atoms with Crippen molar-refractivity contribution in [3.05, 3.63) is 67.9 Å². The van der Waals surface area contributed by atoms with Gasteiger partial charge in [-0.15, -0.1) is 0 Å². The summed E-state index contributed by atoms with van der Waals surface area (Å²) in [5.41, 5.74) is 4.41. The van der Waals surface area contributed by atoms with Crippen LogP contribution in [0.4, 0.5) is 0 Å². The van der Waals surface area contributed by atoms with Crippen molar-refractivity contribution in [2.24, 2.45) is 0 Å². The largest absolute Gasteiger partial charge is 0.481 e. The van der Waals surface area contributed by atoms with Crippen molar-refractivity contribution in [2.45, 2.75) is 26.2 Å². The Labute approximate surface area is 183 Å². The number of benzene rings is 2. The Hall–Kier alpha value is -2.38. The molecule has 148 valence electrons. The Morgan fingerprint density at radius 2 is 1.48 bits per heavy atom. The molecule has 0 aliphatic heterocycles. The standard InChI is InChI=1S/C22H18Br2N2O3/c1-10-20(14-5-3-12(23)7-17(14)25-10)16(22(28)29)9-19(27)21-11(2)26-18-8-13(24)4-6-15(18)21/h3-8,16,25-26H,9H2,1-2H3,(H,28,29). The average Bonchev–Trinajstić information content (AvgIpc) is 3.13. The number of carboxylic acid groups (broad SMARTS) is 1. The predicted octanol–water partition coefficient (Wildman–Crippen LogP) is 6.23. The van der Waals surface area contributed by atoms with Gasteiger partial charge in [0.1, 0.15) is 0 Å². The lowest BCUT2D eigenvalue weighted by atomic mass is 9.89. The van der Waals surface area contributed by atoms with Gasteiger partial charge in [-0.3, -0.25) is 9.59 Å². The number of halogens is 2. The fourth-order valence-corrected chi connectivity index (χ4v) is 4.76. The molecule has 0 fully saturated rings. The Kier molecular flexibility index (Phi) is 5.12. The Morgan fingerprint density at radius 1 is 0.931 bits per heavy atom. The number of carbonyl (C=O) groups excluding carboxylic acids is 1. The number of carboxylic acids is 1. The third kappa shape index (κ3) is 3.53. The van der Waals surface area contributed by atoms with E-state index in [4.69, 9.17) is 0 Å². The van der Waals surface area contributed by atoms with Crippen LogP contribution in [0.15, 0.2) is 45.3 Å². The summed E-state index contributed by atoms with van der Waals surface area (Å²) in [5, 5.41) is 11.6. The van der Waals surface area contributed by atoms with Crippen LogP contribution in [-0.4, -0.2) is 26.8 Å². The zero-order valence-corrected chi connectivity index (χ0v) is 18.9. The number of hydrogen-bond donors (Lipinski definition) is 3. The maximum absolute atomic E-state index is 13.2. The van der Waals surface area contributed by atoms with Crippen molar-refractivity contribution in [3.63, 3.8) is 0 Å². The van der Waals surface area contributed by atoms with Crippen LogP contribution >= 0.6 is 31.9 Å². The molecule has 2 aromatic heterocycles. The molecule has 7 heteroatoms. The molecule has 0 bridgehead atoms. The summed E-state index contributed by atoms with van der Waals surface area (Å²) in [6, 6.07) is 11.3. The van der Waals surface area contributed by atoms with E-state index in [-0.39, 0.29) is 12.2 Å². The molecule has 0 saturated heterocycles. The first-order valence-corrected chi connectivity index (χ1v) is 10.7. The number of rotatable bonds is 5. The fraction of sp³-hybridized carbons (Fsp3) is 0.182. The van der Waals surface area contributed by atoms with Crippen LogP contribution in [0.25, 0.3) is 21.8 Å². The highest BCUT2D eigenvalue weighted by molar-refractivity contribution is 9.10. The van der Waals surface area contributed by atoms with Crippen molar-refractivity contribution in [1.29, 1.82) is 0 Å². The highest BCUT2D eigenvalue weighted by atomic mass is 79.9. The van der Waals surface area contributed by atoms with E-state index in [0.717, 1.165) is 42.1 Å². The number of nitrogens with one attached hydrogen (secondary N) is 2. The van der Waals surface area contributed by atoms with Gasteiger partial charge in [0.25, 0.3) is 0 Å². The van der Waals surface area contributed by atoms with Crippen LogP contribution < -0.4 is 0 Å². The molecule has 0 aliphatic rings. The molecular weight excluding hydrogens is 500 g/mol. The molecule has 0 radical (unpaired) electrons. The maximum atomic E-state index is 13.2. The van der Waals surface area contributed by atoms with Crippen molar-refractivity contribution in [1.82, 2.24) is 9.97 Å². The lowest BCUT2D eigenvalue weighted by Gasteiger charge is -2.13. The molecule has 1 unspecified atom stereocenters. The van der Waals surface area contributed by atoms with E-state index in [1.807, 2.05) is 50.2 Å². The van der Waals surface area contributed by atoms with Gasteiger partial charge in [-0.2, -0.15) is 0 Å². The second-order valence-corrected chi connectivity index (χ2v) is 9.02. The summed E-state index contributed by atoms with van der Waals surface area (Å²) in [6.45, 7) is 3.68. The van der Waals surface area contributed by atoms with E-state index in [1.54, 1.807) is 0 Å². The third-order valence-corrected chi connectivity index (χ3v) is 6.25. The van der Waals surface area contributed by atoms with Crippen molar-refractivity contribution >= 4 is 65.4 Å². The van der Waals surface area contributed by atoms with Gasteiger partial charge in [-0.25, -0.2) is 0 Å². The van der Waals surface area contributed by atoms with Crippen LogP contribution in [-0.2, 0) is 4.79 Å². The smallest absolute Gasteiger partial charge is 0.311 e. The van der Waals surface area contributed by atoms with Gasteiger partial charge >= 0.3 is 5.97 Å². The molecule has 5 nitrogen and oxygen atoms in total. The Balaban J connectivity index is 1.78. The number of fused-ring (bicyclic) bond motifs is 2. The van der Waals surface area contributed by atoms with E-state index < -0.39 is 11.9 Å². The van der Waals surface area contributed by atoms with Gasteiger partial charge in [-0.05, 0) is 43.7 Å². The van der Waals surface area contributed by atoms with Gasteiger partial charge in [0.15, 0.2) is 5.78 Å². The quantitative estimate of drug-likeness (QED) is 0.274. The number of carbonyl (C=O) groups is 2. The number of aromatic nitrogens is 2. The number of aliphatic carboxylic acids is 1. The van der Waals surface area contributed by atoms with Gasteiger partial charge in [0.05, 0.1) is 5.92 Å². The molecule has 4 rings (SSSR count). The summed E-state index contributed by atoms with van der Waals surface area (Å²) in [5.74, 6) is -2.13. The number of aromatic amines is 2. The molecule has 3 N–H and O–H groups in total. The van der Waals surface area contributed by atoms with E-state index in [2.05, 4.69) is 41.8 Å². The molecule has 0 amide bonds. The van der Waals surface area contributed by atoms with E-state index in [1.165, 1.54) is 0 Å². The van der Waals surface area contributed by atoms with Crippen molar-refractivity contribution in [2.75, 3.05) is 0 Å². The molecule has 29 heavy (non-hydrogen) atoms. The lowest BCUT2D eigenvalue weighted by Crippen LogP contribution is -2.17. The van der Waals surface area contributed by atoms with Crippen LogP contribution in [0.3, 0.4) is 0 Å². The number of hydrogen-bond acceptors (Lipinski definition) is 2. The Morgan fingerprint density at radius 3 is 2.10 bits per heavy atom. The SMILES string of the molecule is Cc1[nH]c2cc(Br)ccc2c1C(=O)CC(C(=O)O)c1c(C)[nH]c2cc(Br)ccc12. The van der Waals surface area contributed by atoms with Crippen LogP contribution in [0, 0.1) is 13.8 Å². The van der Waals surface area contributed by atoms with E-state index >= 15 is 0 Å². The summed E-state index contributed by atoms with van der Waals surface area (Å²) < 4.78 is 1.82. The van der Waals surface area contributed by atoms with Gasteiger partial charge in [0.2, 0.25) is 0 Å². The first-order chi connectivity index (χ1) is 13.8. The second-order valence-electron chi connectivity index (χ2n) is 7.19. The van der Waals surface area contributed by atoms with E-state index in [9.17, 15) is 14.7 Å². The van der Waals surface area contributed by atoms with Crippen molar-refractivity contribution < 1.29 is 14.7 Å². The predicted molar refractivity (Wildman–Crippen MR) is 121 cm³/mol. The Bertz CT molecular complexity index is 1290. The maximum Gasteiger partial charge on any atom is 0.311 e. The number of Topliss-reactive ketones (excluding diaryl/α,β-unsaturated/α-hetero) is 1. The molecule has 0 spiro atoms. The van der Waals surface area contributed by atoms with Gasteiger partial charge < -0.3 is 15.1 Å². The minimum absolute atomic E-state index is 0.108. The molecule has 1 atom stereocenters. The van der Waals surface area contributed by atoms with Crippen LogP contribution in [0.5, 0.6) is 0 Å². The third-order valence-electron chi connectivity index (χ3n) is 5.26. The van der Waals surface area contributed by atoms with Crippen LogP contribution in [0.2, 0.25) is 0 Å². The van der Waals surface area contributed by atoms with Crippen molar-refractivity contribution in [3.8, 4) is 0 Å². The highest BCUT2D eigenvalue weighted by Gasteiger charge is 2.30. The molecule has 2 aromatic carbocycles. The number of H-pyrrole nitrogens is 2. The zero-order valence-electron chi connectivity index (χ0n) is 15.8. The van der Waals surface area contributed by atoms with E-state index in [0.29, 0.717) is 11.1 Å². The summed E-state index contributed by atoms with van der Waals surface area (Å²) in [7, 11) is 0. The van der Waals surface area contributed by atoms with Gasteiger partial charge in [0, 0.05) is 54.1 Å². The monoisotopic (exact) mass is 516 g/mol. The fourth-order valence-electron chi connectivity index (χ4n) is 4.04. The second kappa shape index (κ2) is 7.46. The zero-order chi connectivity index (χ0) is 20.9. The molecule has 0 aliphatic carbocycles. The molecular formula is C22H18Br2N2O3. The minimum Gasteiger partial charge on any atom is -0.481 e. The average molecular weight is 518 g/mol. The molecule has 2 heterocycles. The minimum atomic E-state index is -1.01. The summed E-state index contributed by atoms with van der Waals surface area (Å²) >= 11 is 6.87. The van der Waals surface area contributed by atoms with Crippen LogP contribution in [0.1, 0.15) is 39.6 Å². The normalized spacial score (nSPS) is 12.6. The summed E-state index contributed by atoms with van der Waals surface area (Å²) in [4.78, 5) is 31.9.